The number of urea groups is 1. The predicted molar refractivity (Wildman–Crippen MR) is 87.2 cm³/mol. The van der Waals surface area contributed by atoms with Crippen molar-refractivity contribution >= 4 is 22.5 Å². The smallest absolute Gasteiger partial charge is 0.324 e. The Hall–Kier alpha value is -1.92. The number of rotatable bonds is 3. The highest BCUT2D eigenvalue weighted by atomic mass is 32.1. The topological polar surface area (TPSA) is 65.5 Å². The second-order valence-electron chi connectivity index (χ2n) is 5.26. The zero-order valence-electron chi connectivity index (χ0n) is 12.5. The van der Waals surface area contributed by atoms with Crippen LogP contribution in [0.15, 0.2) is 30.5 Å². The van der Waals surface area contributed by atoms with E-state index in [1.807, 2.05) is 18.2 Å². The predicted octanol–water partition coefficient (Wildman–Crippen LogP) is 2.83. The van der Waals surface area contributed by atoms with Crippen molar-refractivity contribution in [2.75, 3.05) is 18.5 Å². The van der Waals surface area contributed by atoms with E-state index >= 15 is 0 Å². The monoisotopic (exact) mass is 317 g/mol. The van der Waals surface area contributed by atoms with Crippen molar-refractivity contribution < 1.29 is 9.90 Å². The largest absolute Gasteiger partial charge is 0.394 e. The molecule has 1 aromatic heterocycles. The lowest BCUT2D eigenvalue weighted by Crippen LogP contribution is -2.43. The molecule has 1 atom stereocenters. The fourth-order valence-corrected chi connectivity index (χ4v) is 3.53. The molecule has 2 aromatic rings. The van der Waals surface area contributed by atoms with Crippen LogP contribution in [0.3, 0.4) is 0 Å². The molecular weight excluding hydrogens is 298 g/mol. The van der Waals surface area contributed by atoms with Crippen LogP contribution in [0, 0.1) is 0 Å². The van der Waals surface area contributed by atoms with E-state index in [-0.39, 0.29) is 18.7 Å². The van der Waals surface area contributed by atoms with Gasteiger partial charge < -0.3 is 10.0 Å². The standard InChI is InChI=1S/C16H19N3O2S/c1-2-12-9-17-15(22-12)18-16(21)19-8-7-11-5-3-4-6-13(11)14(19)10-20/h3-6,9,14,20H,2,7-8,10H2,1H3,(H,17,18,21). The van der Waals surface area contributed by atoms with E-state index in [9.17, 15) is 9.90 Å². The van der Waals surface area contributed by atoms with E-state index in [4.69, 9.17) is 0 Å². The highest BCUT2D eigenvalue weighted by molar-refractivity contribution is 7.15. The zero-order valence-corrected chi connectivity index (χ0v) is 13.3. The Morgan fingerprint density at radius 1 is 1.50 bits per heavy atom. The maximum Gasteiger partial charge on any atom is 0.324 e. The molecule has 1 aliphatic heterocycles. The van der Waals surface area contributed by atoms with Crippen LogP contribution >= 0.6 is 11.3 Å². The number of nitrogens with one attached hydrogen (secondary N) is 1. The summed E-state index contributed by atoms with van der Waals surface area (Å²) < 4.78 is 0. The average Bonchev–Trinajstić information content (AvgIpc) is 3.01. The number of aliphatic hydroxyl groups excluding tert-OH is 1. The molecule has 2 heterocycles. The van der Waals surface area contributed by atoms with Crippen molar-refractivity contribution in [2.24, 2.45) is 0 Å². The minimum atomic E-state index is -0.296. The van der Waals surface area contributed by atoms with Crippen molar-refractivity contribution in [3.05, 3.63) is 46.5 Å². The van der Waals surface area contributed by atoms with Gasteiger partial charge in [0.25, 0.3) is 0 Å². The van der Waals surface area contributed by atoms with E-state index in [0.29, 0.717) is 11.7 Å². The second kappa shape index (κ2) is 6.46. The maximum atomic E-state index is 12.5. The molecule has 116 valence electrons. The Bertz CT molecular complexity index is 671. The highest BCUT2D eigenvalue weighted by Gasteiger charge is 2.30. The van der Waals surface area contributed by atoms with Gasteiger partial charge >= 0.3 is 6.03 Å². The normalized spacial score (nSPS) is 17.2. The fraction of sp³-hybridized carbons (Fsp3) is 0.375. The molecule has 1 unspecified atom stereocenters. The van der Waals surface area contributed by atoms with Gasteiger partial charge in [0, 0.05) is 17.6 Å². The Morgan fingerprint density at radius 2 is 2.32 bits per heavy atom. The zero-order chi connectivity index (χ0) is 15.5. The molecule has 0 fully saturated rings. The molecule has 0 aliphatic carbocycles. The number of hydrogen-bond donors (Lipinski definition) is 2. The minimum Gasteiger partial charge on any atom is -0.394 e. The molecule has 1 aromatic carbocycles. The molecule has 2 amide bonds. The third-order valence-electron chi connectivity index (χ3n) is 3.96. The second-order valence-corrected chi connectivity index (χ2v) is 6.37. The van der Waals surface area contributed by atoms with Crippen LogP contribution in [0.5, 0.6) is 0 Å². The summed E-state index contributed by atoms with van der Waals surface area (Å²) in [6, 6.07) is 7.47. The van der Waals surface area contributed by atoms with Crippen molar-refractivity contribution in [1.29, 1.82) is 0 Å². The lowest BCUT2D eigenvalue weighted by atomic mass is 9.93. The molecule has 2 N–H and O–H groups in total. The summed E-state index contributed by atoms with van der Waals surface area (Å²) in [6.07, 6.45) is 3.50. The molecule has 1 aliphatic rings. The molecule has 0 radical (unpaired) electrons. The number of anilines is 1. The number of aliphatic hydroxyl groups is 1. The van der Waals surface area contributed by atoms with Crippen molar-refractivity contribution in [3.8, 4) is 0 Å². The van der Waals surface area contributed by atoms with E-state index < -0.39 is 0 Å². The van der Waals surface area contributed by atoms with Crippen LogP contribution < -0.4 is 5.32 Å². The highest BCUT2D eigenvalue weighted by Crippen LogP contribution is 2.30. The lowest BCUT2D eigenvalue weighted by Gasteiger charge is -2.36. The maximum absolute atomic E-state index is 12.5. The first kappa shape index (κ1) is 15.0. The first-order chi connectivity index (χ1) is 10.7. The van der Waals surface area contributed by atoms with Gasteiger partial charge in [0.1, 0.15) is 0 Å². The number of fused-ring (bicyclic) bond motifs is 1. The molecule has 5 nitrogen and oxygen atoms in total. The summed E-state index contributed by atoms with van der Waals surface area (Å²) in [5.41, 5.74) is 2.23. The number of aryl methyl sites for hydroxylation is 1. The van der Waals surface area contributed by atoms with Crippen molar-refractivity contribution in [1.82, 2.24) is 9.88 Å². The molecule has 0 saturated carbocycles. The number of aromatic nitrogens is 1. The van der Waals surface area contributed by atoms with Crippen molar-refractivity contribution in [3.63, 3.8) is 0 Å². The van der Waals surface area contributed by atoms with Gasteiger partial charge in [-0.15, -0.1) is 11.3 Å². The number of carbonyl (C=O) groups excluding carboxylic acids is 1. The summed E-state index contributed by atoms with van der Waals surface area (Å²) in [5, 5.41) is 13.2. The molecule has 6 heteroatoms. The molecular formula is C16H19N3O2S. The summed E-state index contributed by atoms with van der Waals surface area (Å²) in [4.78, 5) is 19.6. The Morgan fingerprint density at radius 3 is 3.05 bits per heavy atom. The van der Waals surface area contributed by atoms with Gasteiger partial charge in [0.2, 0.25) is 0 Å². The van der Waals surface area contributed by atoms with Gasteiger partial charge in [-0.2, -0.15) is 0 Å². The van der Waals surface area contributed by atoms with Crippen molar-refractivity contribution in [2.45, 2.75) is 25.8 Å². The Kier molecular flexibility index (Phi) is 4.40. The number of amides is 2. The van der Waals surface area contributed by atoms with Gasteiger partial charge in [0.05, 0.1) is 12.6 Å². The van der Waals surface area contributed by atoms with Gasteiger partial charge in [-0.1, -0.05) is 31.2 Å². The van der Waals surface area contributed by atoms with E-state index in [2.05, 4.69) is 23.3 Å². The van der Waals surface area contributed by atoms with Crippen LogP contribution in [-0.2, 0) is 12.8 Å². The summed E-state index contributed by atoms with van der Waals surface area (Å²) in [6.45, 7) is 2.57. The summed E-state index contributed by atoms with van der Waals surface area (Å²) >= 11 is 1.49. The molecule has 0 bridgehead atoms. The van der Waals surface area contributed by atoms with Gasteiger partial charge in [-0.05, 0) is 24.0 Å². The third-order valence-corrected chi connectivity index (χ3v) is 5.02. The first-order valence-electron chi connectivity index (χ1n) is 7.44. The number of thiazole rings is 1. The first-order valence-corrected chi connectivity index (χ1v) is 8.25. The SMILES string of the molecule is CCc1cnc(NC(=O)N2CCc3ccccc3C2CO)s1. The number of hydrogen-bond acceptors (Lipinski definition) is 4. The van der Waals surface area contributed by atoms with Gasteiger partial charge in [-0.25, -0.2) is 9.78 Å². The number of benzene rings is 1. The van der Waals surface area contributed by atoms with Crippen LogP contribution in [0.1, 0.15) is 29.0 Å². The van der Waals surface area contributed by atoms with Crippen LogP contribution in [0.25, 0.3) is 0 Å². The third kappa shape index (κ3) is 2.84. The summed E-state index contributed by atoms with van der Waals surface area (Å²) in [5.74, 6) is 0. The molecule has 3 rings (SSSR count). The quantitative estimate of drug-likeness (QED) is 0.915. The summed E-state index contributed by atoms with van der Waals surface area (Å²) in [7, 11) is 0. The average molecular weight is 317 g/mol. The molecule has 22 heavy (non-hydrogen) atoms. The van der Waals surface area contributed by atoms with E-state index in [1.165, 1.54) is 16.9 Å². The van der Waals surface area contributed by atoms with Gasteiger partial charge in [-0.3, -0.25) is 5.32 Å². The number of carbonyl (C=O) groups is 1. The van der Waals surface area contributed by atoms with Crippen LogP contribution in [0.4, 0.5) is 9.93 Å². The molecule has 0 saturated heterocycles. The lowest BCUT2D eigenvalue weighted by molar-refractivity contribution is 0.135. The fourth-order valence-electron chi connectivity index (χ4n) is 2.78. The number of nitrogens with zero attached hydrogens (tertiary/aromatic N) is 2. The van der Waals surface area contributed by atoms with E-state index in [1.54, 1.807) is 11.1 Å². The Labute approximate surface area is 133 Å². The molecule has 0 spiro atoms. The van der Waals surface area contributed by atoms with Crippen LogP contribution in [0.2, 0.25) is 0 Å². The van der Waals surface area contributed by atoms with Crippen LogP contribution in [-0.4, -0.2) is 34.2 Å². The minimum absolute atomic E-state index is 0.0808. The Balaban J connectivity index is 1.77. The van der Waals surface area contributed by atoms with Gasteiger partial charge in [0.15, 0.2) is 5.13 Å². The van der Waals surface area contributed by atoms with E-state index in [0.717, 1.165) is 23.3 Å².